The van der Waals surface area contributed by atoms with Gasteiger partial charge in [0.15, 0.2) is 0 Å². The van der Waals surface area contributed by atoms with E-state index in [9.17, 15) is 4.79 Å². The molecule has 0 saturated carbocycles. The maximum Gasteiger partial charge on any atom is 0.240 e. The number of rotatable bonds is 5. The molecule has 17 heavy (non-hydrogen) atoms. The first-order chi connectivity index (χ1) is 8.02. The van der Waals surface area contributed by atoms with Crippen molar-refractivity contribution in [2.24, 2.45) is 0 Å². The lowest BCUT2D eigenvalue weighted by molar-refractivity contribution is -0.135. The van der Waals surface area contributed by atoms with E-state index in [2.05, 4.69) is 29.2 Å². The minimum absolute atomic E-state index is 0.0147. The lowest BCUT2D eigenvalue weighted by atomic mass is 10.1. The molecule has 0 spiro atoms. The fraction of sp³-hybridized carbons (Fsp3) is 0.917. The summed E-state index contributed by atoms with van der Waals surface area (Å²) in [6, 6.07) is 0.0147. The standard InChI is InChI=1S/C12H26N4O/c1-14(2)7-5-8-16-9-6-13-10-11(16)12(17)15(3)4/h11,13H,5-10H2,1-4H3. The molecule has 1 amide bonds. The van der Waals surface area contributed by atoms with Crippen molar-refractivity contribution < 1.29 is 4.79 Å². The van der Waals surface area contributed by atoms with Crippen LogP contribution in [0.1, 0.15) is 6.42 Å². The first kappa shape index (κ1) is 14.4. The van der Waals surface area contributed by atoms with Gasteiger partial charge in [0.2, 0.25) is 5.91 Å². The molecule has 1 atom stereocenters. The van der Waals surface area contributed by atoms with Crippen LogP contribution in [0.25, 0.3) is 0 Å². The number of hydrogen-bond acceptors (Lipinski definition) is 4. The van der Waals surface area contributed by atoms with Gasteiger partial charge in [0.25, 0.3) is 0 Å². The number of carbonyl (C=O) groups excluding carboxylic acids is 1. The Morgan fingerprint density at radius 1 is 1.35 bits per heavy atom. The highest BCUT2D eigenvalue weighted by Gasteiger charge is 2.28. The SMILES string of the molecule is CN(C)CCCN1CCNCC1C(=O)N(C)C. The van der Waals surface area contributed by atoms with Crippen molar-refractivity contribution in [3.8, 4) is 0 Å². The summed E-state index contributed by atoms with van der Waals surface area (Å²) >= 11 is 0. The van der Waals surface area contributed by atoms with Gasteiger partial charge in [-0.2, -0.15) is 0 Å². The number of piperazine rings is 1. The zero-order valence-corrected chi connectivity index (χ0v) is 11.6. The third kappa shape index (κ3) is 4.61. The second kappa shape index (κ2) is 6.93. The van der Waals surface area contributed by atoms with Gasteiger partial charge < -0.3 is 15.1 Å². The summed E-state index contributed by atoms with van der Waals surface area (Å²) in [4.78, 5) is 18.2. The molecule has 0 aromatic rings. The van der Waals surface area contributed by atoms with Crippen molar-refractivity contribution in [1.82, 2.24) is 20.0 Å². The van der Waals surface area contributed by atoms with Gasteiger partial charge in [0, 0.05) is 40.3 Å². The van der Waals surface area contributed by atoms with Crippen LogP contribution < -0.4 is 5.32 Å². The molecule has 5 heteroatoms. The van der Waals surface area contributed by atoms with Crippen LogP contribution in [0.5, 0.6) is 0 Å². The molecule has 5 nitrogen and oxygen atoms in total. The quantitative estimate of drug-likeness (QED) is 0.692. The number of carbonyl (C=O) groups is 1. The Morgan fingerprint density at radius 3 is 2.65 bits per heavy atom. The largest absolute Gasteiger partial charge is 0.347 e. The maximum absolute atomic E-state index is 12.0. The highest BCUT2D eigenvalue weighted by Crippen LogP contribution is 2.06. The van der Waals surface area contributed by atoms with E-state index in [-0.39, 0.29) is 11.9 Å². The number of nitrogens with one attached hydrogen (secondary N) is 1. The Hall–Kier alpha value is -0.650. The summed E-state index contributed by atoms with van der Waals surface area (Å²) in [5.41, 5.74) is 0. The molecular formula is C12H26N4O. The molecule has 1 aliphatic rings. The average molecular weight is 242 g/mol. The molecule has 1 aliphatic heterocycles. The van der Waals surface area contributed by atoms with Crippen LogP contribution in [0.2, 0.25) is 0 Å². The molecule has 0 aromatic carbocycles. The van der Waals surface area contributed by atoms with E-state index in [1.165, 1.54) is 0 Å². The van der Waals surface area contributed by atoms with E-state index in [0.29, 0.717) is 0 Å². The third-order valence-electron chi connectivity index (χ3n) is 3.13. The summed E-state index contributed by atoms with van der Waals surface area (Å²) in [5.74, 6) is 0.210. The molecule has 1 unspecified atom stereocenters. The zero-order chi connectivity index (χ0) is 12.8. The van der Waals surface area contributed by atoms with Crippen LogP contribution in [0.15, 0.2) is 0 Å². The van der Waals surface area contributed by atoms with Crippen molar-refractivity contribution in [2.45, 2.75) is 12.5 Å². The smallest absolute Gasteiger partial charge is 0.240 e. The van der Waals surface area contributed by atoms with Gasteiger partial charge in [-0.15, -0.1) is 0 Å². The molecular weight excluding hydrogens is 216 g/mol. The van der Waals surface area contributed by atoms with Gasteiger partial charge in [-0.05, 0) is 27.1 Å². The fourth-order valence-corrected chi connectivity index (χ4v) is 2.15. The maximum atomic E-state index is 12.0. The predicted molar refractivity (Wildman–Crippen MR) is 70.1 cm³/mol. The molecule has 1 N–H and O–H groups in total. The molecule has 0 aromatic heterocycles. The van der Waals surface area contributed by atoms with Gasteiger partial charge in [0.1, 0.15) is 6.04 Å². The minimum Gasteiger partial charge on any atom is -0.347 e. The molecule has 0 radical (unpaired) electrons. The molecule has 0 bridgehead atoms. The fourth-order valence-electron chi connectivity index (χ4n) is 2.15. The highest BCUT2D eigenvalue weighted by molar-refractivity contribution is 5.81. The summed E-state index contributed by atoms with van der Waals surface area (Å²) < 4.78 is 0. The normalized spacial score (nSPS) is 21.8. The second-order valence-corrected chi connectivity index (χ2v) is 5.15. The molecule has 0 aliphatic carbocycles. The predicted octanol–water partition coefficient (Wildman–Crippen LogP) is -0.700. The second-order valence-electron chi connectivity index (χ2n) is 5.15. The van der Waals surface area contributed by atoms with Crippen LogP contribution in [0.4, 0.5) is 0 Å². The van der Waals surface area contributed by atoms with Gasteiger partial charge in [-0.25, -0.2) is 0 Å². The Morgan fingerprint density at radius 2 is 2.06 bits per heavy atom. The van der Waals surface area contributed by atoms with Crippen LogP contribution in [-0.4, -0.2) is 87.6 Å². The van der Waals surface area contributed by atoms with E-state index in [1.54, 1.807) is 4.90 Å². The lowest BCUT2D eigenvalue weighted by Crippen LogP contribution is -2.57. The van der Waals surface area contributed by atoms with E-state index in [1.807, 2.05) is 14.1 Å². The van der Waals surface area contributed by atoms with Crippen molar-refractivity contribution >= 4 is 5.91 Å². The Kier molecular flexibility index (Phi) is 5.88. The highest BCUT2D eigenvalue weighted by atomic mass is 16.2. The lowest BCUT2D eigenvalue weighted by Gasteiger charge is -2.36. The first-order valence-corrected chi connectivity index (χ1v) is 6.33. The average Bonchev–Trinajstić information content (AvgIpc) is 2.28. The molecule has 1 saturated heterocycles. The summed E-state index contributed by atoms with van der Waals surface area (Å²) in [7, 11) is 7.82. The van der Waals surface area contributed by atoms with E-state index >= 15 is 0 Å². The van der Waals surface area contributed by atoms with Crippen LogP contribution in [0.3, 0.4) is 0 Å². The Labute approximate surface area is 105 Å². The van der Waals surface area contributed by atoms with Gasteiger partial charge in [0.05, 0.1) is 0 Å². The molecule has 1 heterocycles. The van der Waals surface area contributed by atoms with Gasteiger partial charge >= 0.3 is 0 Å². The summed E-state index contributed by atoms with van der Waals surface area (Å²) in [6.07, 6.45) is 1.12. The molecule has 1 fully saturated rings. The van der Waals surface area contributed by atoms with Crippen molar-refractivity contribution in [2.75, 3.05) is 60.9 Å². The van der Waals surface area contributed by atoms with E-state index in [0.717, 1.165) is 39.1 Å². The Balaban J connectivity index is 2.45. The zero-order valence-electron chi connectivity index (χ0n) is 11.6. The number of amides is 1. The van der Waals surface area contributed by atoms with E-state index in [4.69, 9.17) is 0 Å². The number of likely N-dealkylation sites (N-methyl/N-ethyl adjacent to an activating group) is 1. The monoisotopic (exact) mass is 242 g/mol. The van der Waals surface area contributed by atoms with Crippen LogP contribution in [0, 0.1) is 0 Å². The van der Waals surface area contributed by atoms with Gasteiger partial charge in [-0.1, -0.05) is 0 Å². The molecule has 1 rings (SSSR count). The van der Waals surface area contributed by atoms with Crippen LogP contribution >= 0.6 is 0 Å². The van der Waals surface area contributed by atoms with Crippen LogP contribution in [-0.2, 0) is 4.79 Å². The number of hydrogen-bond donors (Lipinski definition) is 1. The van der Waals surface area contributed by atoms with Crippen molar-refractivity contribution in [3.05, 3.63) is 0 Å². The first-order valence-electron chi connectivity index (χ1n) is 6.33. The molecule has 100 valence electrons. The number of nitrogens with zero attached hydrogens (tertiary/aromatic N) is 3. The van der Waals surface area contributed by atoms with Gasteiger partial charge in [-0.3, -0.25) is 9.69 Å². The summed E-state index contributed by atoms with van der Waals surface area (Å²) in [6.45, 7) is 4.81. The minimum atomic E-state index is 0.0147. The topological polar surface area (TPSA) is 38.8 Å². The third-order valence-corrected chi connectivity index (χ3v) is 3.13. The van der Waals surface area contributed by atoms with Crippen molar-refractivity contribution in [3.63, 3.8) is 0 Å². The van der Waals surface area contributed by atoms with E-state index < -0.39 is 0 Å². The summed E-state index contributed by atoms with van der Waals surface area (Å²) in [5, 5.41) is 3.30. The Bertz CT molecular complexity index is 243. The van der Waals surface area contributed by atoms with Crippen molar-refractivity contribution in [1.29, 1.82) is 0 Å².